The van der Waals surface area contributed by atoms with Gasteiger partial charge >= 0.3 is 0 Å². The van der Waals surface area contributed by atoms with Crippen molar-refractivity contribution in [3.8, 4) is 11.1 Å². The van der Waals surface area contributed by atoms with Crippen LogP contribution in [0.3, 0.4) is 0 Å². The Balaban J connectivity index is 1.97. The summed E-state index contributed by atoms with van der Waals surface area (Å²) >= 11 is 1.83. The summed E-state index contributed by atoms with van der Waals surface area (Å²) in [5.41, 5.74) is 5.74. The molecule has 4 aromatic rings. The third-order valence-electron chi connectivity index (χ3n) is 4.34. The molecule has 94 valence electrons. The van der Waals surface area contributed by atoms with Gasteiger partial charge in [-0.05, 0) is 68.4 Å². The van der Waals surface area contributed by atoms with E-state index < -0.39 is 0 Å². The summed E-state index contributed by atoms with van der Waals surface area (Å²) in [6.07, 6.45) is 1.05. The van der Waals surface area contributed by atoms with Crippen molar-refractivity contribution in [3.05, 3.63) is 71.1 Å². The van der Waals surface area contributed by atoms with Gasteiger partial charge in [-0.15, -0.1) is 11.3 Å². The van der Waals surface area contributed by atoms with Crippen molar-refractivity contribution in [1.29, 1.82) is 0 Å². The molecular weight excluding hydrogens is 260 g/mol. The Labute approximate surface area is 121 Å². The van der Waals surface area contributed by atoms with Gasteiger partial charge in [-0.25, -0.2) is 0 Å². The fourth-order valence-corrected chi connectivity index (χ4v) is 4.26. The van der Waals surface area contributed by atoms with Crippen LogP contribution in [0.15, 0.2) is 60.0 Å². The zero-order valence-electron chi connectivity index (χ0n) is 10.9. The Morgan fingerprint density at radius 3 is 2.60 bits per heavy atom. The Hall–Kier alpha value is -2.12. The first-order valence-corrected chi connectivity index (χ1v) is 7.79. The molecule has 5 rings (SSSR count). The number of rotatable bonds is 0. The molecule has 0 saturated heterocycles. The minimum atomic E-state index is 1.05. The quantitative estimate of drug-likeness (QED) is 0.343. The smallest absolute Gasteiger partial charge is 0.0349 e. The summed E-state index contributed by atoms with van der Waals surface area (Å²) in [6.45, 7) is 0. The lowest BCUT2D eigenvalue weighted by Gasteiger charge is -2.21. The number of fused-ring (bicyclic) bond motifs is 3. The van der Waals surface area contributed by atoms with Crippen LogP contribution in [0.25, 0.3) is 32.0 Å². The maximum atomic E-state index is 2.38. The number of benzene rings is 3. The van der Waals surface area contributed by atoms with Crippen LogP contribution in [0.5, 0.6) is 0 Å². The van der Waals surface area contributed by atoms with Gasteiger partial charge in [0, 0.05) is 4.70 Å². The van der Waals surface area contributed by atoms with Crippen molar-refractivity contribution in [2.75, 3.05) is 0 Å². The van der Waals surface area contributed by atoms with Crippen molar-refractivity contribution in [3.63, 3.8) is 0 Å². The molecule has 0 amide bonds. The van der Waals surface area contributed by atoms with Crippen LogP contribution in [0.1, 0.15) is 11.1 Å². The van der Waals surface area contributed by atoms with Crippen molar-refractivity contribution in [2.24, 2.45) is 0 Å². The van der Waals surface area contributed by atoms with Crippen LogP contribution in [-0.2, 0) is 6.42 Å². The maximum absolute atomic E-state index is 2.38. The molecule has 1 heteroatoms. The van der Waals surface area contributed by atoms with Gasteiger partial charge in [0.25, 0.3) is 0 Å². The van der Waals surface area contributed by atoms with Crippen LogP contribution < -0.4 is 0 Å². The Morgan fingerprint density at radius 1 is 0.750 bits per heavy atom. The van der Waals surface area contributed by atoms with E-state index in [2.05, 4.69) is 60.0 Å². The highest BCUT2D eigenvalue weighted by Crippen LogP contribution is 2.41. The molecule has 3 aromatic carbocycles. The number of thiophene rings is 1. The Bertz CT molecular complexity index is 970. The van der Waals surface area contributed by atoms with Crippen molar-refractivity contribution < 1.29 is 0 Å². The summed E-state index contributed by atoms with van der Waals surface area (Å²) in [4.78, 5) is 0. The van der Waals surface area contributed by atoms with Crippen LogP contribution in [-0.4, -0.2) is 0 Å². The molecule has 0 fully saturated rings. The second kappa shape index (κ2) is 3.71. The molecule has 0 radical (unpaired) electrons. The Kier molecular flexibility index (Phi) is 1.97. The third kappa shape index (κ3) is 1.31. The first kappa shape index (κ1) is 10.6. The van der Waals surface area contributed by atoms with Crippen molar-refractivity contribution in [2.45, 2.75) is 6.42 Å². The molecule has 1 aliphatic carbocycles. The normalized spacial score (nSPS) is 12.8. The third-order valence-corrected chi connectivity index (χ3v) is 5.22. The fraction of sp³-hybridized carbons (Fsp3) is 0.0526. The molecule has 0 N–H and O–H groups in total. The van der Waals surface area contributed by atoms with E-state index in [1.54, 1.807) is 0 Å². The van der Waals surface area contributed by atoms with Crippen LogP contribution in [0.4, 0.5) is 0 Å². The predicted molar refractivity (Wildman–Crippen MR) is 87.6 cm³/mol. The summed E-state index contributed by atoms with van der Waals surface area (Å²) < 4.78 is 1.39. The molecule has 0 atom stereocenters. The van der Waals surface area contributed by atoms with Crippen molar-refractivity contribution in [1.82, 2.24) is 0 Å². The SMILES string of the molecule is c1cc2c3c(cccc3c1)-c1cc3sccc3cc1C2. The van der Waals surface area contributed by atoms with E-state index in [0.717, 1.165) is 6.42 Å². The topological polar surface area (TPSA) is 0 Å². The lowest BCUT2D eigenvalue weighted by atomic mass is 9.83. The van der Waals surface area contributed by atoms with Crippen LogP contribution in [0.2, 0.25) is 0 Å². The van der Waals surface area contributed by atoms with Gasteiger partial charge in [0.1, 0.15) is 0 Å². The first-order chi connectivity index (χ1) is 9.90. The van der Waals surface area contributed by atoms with E-state index in [1.165, 1.54) is 43.1 Å². The molecule has 0 spiro atoms. The summed E-state index contributed by atoms with van der Waals surface area (Å²) in [5.74, 6) is 0. The lowest BCUT2D eigenvalue weighted by Crippen LogP contribution is -2.00. The Morgan fingerprint density at radius 2 is 1.65 bits per heavy atom. The van der Waals surface area contributed by atoms with Gasteiger partial charge in [0.05, 0.1) is 0 Å². The number of hydrogen-bond acceptors (Lipinski definition) is 1. The zero-order chi connectivity index (χ0) is 13.1. The highest BCUT2D eigenvalue weighted by molar-refractivity contribution is 7.17. The van der Waals surface area contributed by atoms with E-state index in [0.29, 0.717) is 0 Å². The highest BCUT2D eigenvalue weighted by Gasteiger charge is 2.18. The molecule has 0 bridgehead atoms. The highest BCUT2D eigenvalue weighted by atomic mass is 32.1. The minimum absolute atomic E-state index is 1.05. The van der Waals surface area contributed by atoms with Gasteiger partial charge in [-0.2, -0.15) is 0 Å². The largest absolute Gasteiger partial charge is 0.144 e. The van der Waals surface area contributed by atoms with Gasteiger partial charge < -0.3 is 0 Å². The van der Waals surface area contributed by atoms with E-state index in [1.807, 2.05) is 11.3 Å². The summed E-state index contributed by atoms with van der Waals surface area (Å²) in [6, 6.07) is 20.3. The van der Waals surface area contributed by atoms with E-state index in [4.69, 9.17) is 0 Å². The maximum Gasteiger partial charge on any atom is 0.0349 e. The standard InChI is InChI=1S/C19H12S/c1-3-12-4-2-6-16-17-11-18-13(7-8-20-18)9-15(17)10-14(5-1)19(12)16/h1-9,11H,10H2. The predicted octanol–water partition coefficient (Wildman–Crippen LogP) is 5.63. The van der Waals surface area contributed by atoms with Gasteiger partial charge in [-0.1, -0.05) is 36.4 Å². The molecule has 0 unspecified atom stereocenters. The molecule has 20 heavy (non-hydrogen) atoms. The molecular formula is C19H12S. The summed E-state index contributed by atoms with van der Waals surface area (Å²) in [7, 11) is 0. The second-order valence-electron chi connectivity index (χ2n) is 5.47. The minimum Gasteiger partial charge on any atom is -0.144 e. The summed E-state index contributed by atoms with van der Waals surface area (Å²) in [5, 5.41) is 6.36. The van der Waals surface area contributed by atoms with E-state index in [9.17, 15) is 0 Å². The van der Waals surface area contributed by atoms with Gasteiger partial charge in [0.2, 0.25) is 0 Å². The lowest BCUT2D eigenvalue weighted by molar-refractivity contribution is 1.21. The van der Waals surface area contributed by atoms with Gasteiger partial charge in [0.15, 0.2) is 0 Å². The van der Waals surface area contributed by atoms with Crippen LogP contribution >= 0.6 is 11.3 Å². The first-order valence-electron chi connectivity index (χ1n) is 6.91. The second-order valence-corrected chi connectivity index (χ2v) is 6.41. The average molecular weight is 272 g/mol. The molecule has 0 aliphatic heterocycles. The van der Waals surface area contributed by atoms with Gasteiger partial charge in [-0.3, -0.25) is 0 Å². The van der Waals surface area contributed by atoms with E-state index >= 15 is 0 Å². The molecule has 1 aliphatic rings. The monoisotopic (exact) mass is 272 g/mol. The molecule has 0 saturated carbocycles. The van der Waals surface area contributed by atoms with Crippen molar-refractivity contribution >= 4 is 32.2 Å². The number of hydrogen-bond donors (Lipinski definition) is 0. The molecule has 0 nitrogen and oxygen atoms in total. The molecule has 1 aromatic heterocycles. The van der Waals surface area contributed by atoms with E-state index in [-0.39, 0.29) is 0 Å². The molecule has 1 heterocycles. The zero-order valence-corrected chi connectivity index (χ0v) is 11.7. The average Bonchev–Trinajstić information content (AvgIpc) is 2.93. The fourth-order valence-electron chi connectivity index (χ4n) is 3.45. The van der Waals surface area contributed by atoms with Crippen LogP contribution in [0, 0.1) is 0 Å².